The fourth-order valence-electron chi connectivity index (χ4n) is 0.940. The second-order valence-corrected chi connectivity index (χ2v) is 3.39. The zero-order valence-electron chi connectivity index (χ0n) is 8.31. The Morgan fingerprint density at radius 2 is 1.77 bits per heavy atom. The molecule has 0 bridgehead atoms. The SMILES string of the molecule is CCN(C)C(C)C(C)(O)C(F)(F)F. The lowest BCUT2D eigenvalue weighted by molar-refractivity contribution is -0.270. The van der Waals surface area contributed by atoms with Crippen LogP contribution in [0.2, 0.25) is 0 Å². The number of hydrogen-bond donors (Lipinski definition) is 1. The zero-order valence-corrected chi connectivity index (χ0v) is 8.31. The molecular formula is C8H16F3NO. The summed E-state index contributed by atoms with van der Waals surface area (Å²) < 4.78 is 36.9. The van der Waals surface area contributed by atoms with Crippen molar-refractivity contribution in [2.24, 2.45) is 0 Å². The average molecular weight is 199 g/mol. The molecule has 0 rings (SSSR count). The first kappa shape index (κ1) is 12.7. The van der Waals surface area contributed by atoms with Gasteiger partial charge in [-0.05, 0) is 27.4 Å². The molecule has 0 aliphatic carbocycles. The van der Waals surface area contributed by atoms with Gasteiger partial charge in [-0.1, -0.05) is 6.92 Å². The summed E-state index contributed by atoms with van der Waals surface area (Å²) in [5.41, 5.74) is -2.66. The van der Waals surface area contributed by atoms with Gasteiger partial charge in [0, 0.05) is 6.04 Å². The van der Waals surface area contributed by atoms with Crippen molar-refractivity contribution in [2.45, 2.75) is 38.6 Å². The number of halogens is 3. The molecule has 0 saturated heterocycles. The van der Waals surface area contributed by atoms with E-state index in [2.05, 4.69) is 0 Å². The Morgan fingerprint density at radius 3 is 2.00 bits per heavy atom. The topological polar surface area (TPSA) is 23.5 Å². The highest BCUT2D eigenvalue weighted by molar-refractivity contribution is 4.91. The van der Waals surface area contributed by atoms with Gasteiger partial charge in [-0.3, -0.25) is 0 Å². The van der Waals surface area contributed by atoms with E-state index in [1.807, 2.05) is 0 Å². The van der Waals surface area contributed by atoms with E-state index in [9.17, 15) is 18.3 Å². The monoisotopic (exact) mass is 199 g/mol. The lowest BCUT2D eigenvalue weighted by atomic mass is 9.96. The third-order valence-electron chi connectivity index (χ3n) is 2.55. The number of nitrogens with zero attached hydrogens (tertiary/aromatic N) is 1. The van der Waals surface area contributed by atoms with Crippen LogP contribution in [0.4, 0.5) is 13.2 Å². The smallest absolute Gasteiger partial charge is 0.379 e. The minimum Gasteiger partial charge on any atom is -0.379 e. The van der Waals surface area contributed by atoms with Crippen LogP contribution in [0.3, 0.4) is 0 Å². The Kier molecular flexibility index (Phi) is 3.75. The van der Waals surface area contributed by atoms with Gasteiger partial charge in [-0.2, -0.15) is 13.2 Å². The Balaban J connectivity index is 4.63. The summed E-state index contributed by atoms with van der Waals surface area (Å²) in [6.45, 7) is 4.36. The number of aliphatic hydroxyl groups is 1. The third-order valence-corrected chi connectivity index (χ3v) is 2.55. The van der Waals surface area contributed by atoms with Crippen molar-refractivity contribution in [1.29, 1.82) is 0 Å². The molecule has 0 amide bonds. The van der Waals surface area contributed by atoms with Crippen LogP contribution in [0, 0.1) is 0 Å². The van der Waals surface area contributed by atoms with Crippen molar-refractivity contribution in [3.63, 3.8) is 0 Å². The van der Waals surface area contributed by atoms with E-state index in [0.29, 0.717) is 6.54 Å². The molecule has 2 atom stereocenters. The standard InChI is InChI=1S/C8H16F3NO/c1-5-12(4)6(2)7(3,13)8(9,10)11/h6,13H,5H2,1-4H3. The van der Waals surface area contributed by atoms with Crippen molar-refractivity contribution in [3.8, 4) is 0 Å². The largest absolute Gasteiger partial charge is 0.418 e. The summed E-state index contributed by atoms with van der Waals surface area (Å²) in [5.74, 6) is 0. The maximum atomic E-state index is 12.3. The van der Waals surface area contributed by atoms with E-state index >= 15 is 0 Å². The maximum absolute atomic E-state index is 12.3. The molecule has 0 aromatic carbocycles. The molecular weight excluding hydrogens is 183 g/mol. The fraction of sp³-hybridized carbons (Fsp3) is 1.00. The normalized spacial score (nSPS) is 20.1. The van der Waals surface area contributed by atoms with E-state index in [-0.39, 0.29) is 0 Å². The molecule has 0 fully saturated rings. The zero-order chi connectivity index (χ0) is 10.9. The van der Waals surface area contributed by atoms with Crippen LogP contribution in [-0.4, -0.2) is 41.4 Å². The van der Waals surface area contributed by atoms with Gasteiger partial charge in [0.25, 0.3) is 0 Å². The predicted octanol–water partition coefficient (Wildman–Crippen LogP) is 1.64. The first-order chi connectivity index (χ1) is 5.64. The van der Waals surface area contributed by atoms with Crippen molar-refractivity contribution >= 4 is 0 Å². The summed E-state index contributed by atoms with van der Waals surface area (Å²) in [6, 6.07) is -0.947. The highest BCUT2D eigenvalue weighted by Gasteiger charge is 2.54. The highest BCUT2D eigenvalue weighted by Crippen LogP contribution is 2.34. The molecule has 0 heterocycles. The molecule has 0 spiro atoms. The highest BCUT2D eigenvalue weighted by atomic mass is 19.4. The number of alkyl halides is 3. The number of rotatable bonds is 3. The molecule has 0 aromatic heterocycles. The molecule has 13 heavy (non-hydrogen) atoms. The minimum atomic E-state index is -4.59. The van der Waals surface area contributed by atoms with Crippen LogP contribution in [0.15, 0.2) is 0 Å². The molecule has 2 nitrogen and oxygen atoms in total. The van der Waals surface area contributed by atoms with Crippen LogP contribution in [0.5, 0.6) is 0 Å². The molecule has 0 aliphatic rings. The first-order valence-corrected chi connectivity index (χ1v) is 4.14. The first-order valence-electron chi connectivity index (χ1n) is 4.14. The van der Waals surface area contributed by atoms with Gasteiger partial charge in [0.15, 0.2) is 5.60 Å². The van der Waals surface area contributed by atoms with Gasteiger partial charge in [-0.15, -0.1) is 0 Å². The van der Waals surface area contributed by atoms with E-state index in [1.165, 1.54) is 11.8 Å². The average Bonchev–Trinajstić information content (AvgIpc) is 1.99. The van der Waals surface area contributed by atoms with Crippen LogP contribution in [0.1, 0.15) is 20.8 Å². The molecule has 2 unspecified atom stereocenters. The molecule has 0 radical (unpaired) electrons. The second-order valence-electron chi connectivity index (χ2n) is 3.39. The van der Waals surface area contributed by atoms with E-state index in [4.69, 9.17) is 0 Å². The van der Waals surface area contributed by atoms with Crippen molar-refractivity contribution in [2.75, 3.05) is 13.6 Å². The quantitative estimate of drug-likeness (QED) is 0.747. The Bertz CT molecular complexity index is 167. The van der Waals surface area contributed by atoms with Gasteiger partial charge in [0.05, 0.1) is 0 Å². The van der Waals surface area contributed by atoms with E-state index < -0.39 is 17.8 Å². The molecule has 80 valence electrons. The van der Waals surface area contributed by atoms with Crippen molar-refractivity contribution in [3.05, 3.63) is 0 Å². The van der Waals surface area contributed by atoms with E-state index in [0.717, 1.165) is 6.92 Å². The van der Waals surface area contributed by atoms with Crippen LogP contribution < -0.4 is 0 Å². The van der Waals surface area contributed by atoms with E-state index in [1.54, 1.807) is 14.0 Å². The van der Waals surface area contributed by atoms with Crippen LogP contribution in [-0.2, 0) is 0 Å². The minimum absolute atomic E-state index is 0.466. The molecule has 1 N–H and O–H groups in total. The second kappa shape index (κ2) is 3.84. The maximum Gasteiger partial charge on any atom is 0.418 e. The van der Waals surface area contributed by atoms with Crippen LogP contribution in [0.25, 0.3) is 0 Å². The summed E-state index contributed by atoms with van der Waals surface area (Å²) >= 11 is 0. The summed E-state index contributed by atoms with van der Waals surface area (Å²) in [4.78, 5) is 1.45. The van der Waals surface area contributed by atoms with Crippen molar-refractivity contribution in [1.82, 2.24) is 4.90 Å². The number of hydrogen-bond acceptors (Lipinski definition) is 2. The van der Waals surface area contributed by atoms with Gasteiger partial charge in [-0.25, -0.2) is 0 Å². The number of likely N-dealkylation sites (N-methyl/N-ethyl adjacent to an activating group) is 1. The molecule has 5 heteroatoms. The van der Waals surface area contributed by atoms with Gasteiger partial charge >= 0.3 is 6.18 Å². The summed E-state index contributed by atoms with van der Waals surface area (Å²) in [5, 5.41) is 9.25. The Morgan fingerprint density at radius 1 is 1.38 bits per heavy atom. The molecule has 0 saturated carbocycles. The predicted molar refractivity (Wildman–Crippen MR) is 44.4 cm³/mol. The molecule has 0 aromatic rings. The van der Waals surface area contributed by atoms with Gasteiger partial charge < -0.3 is 10.0 Å². The van der Waals surface area contributed by atoms with Crippen LogP contribution >= 0.6 is 0 Å². The summed E-state index contributed by atoms with van der Waals surface area (Å²) in [7, 11) is 1.55. The molecule has 0 aliphatic heterocycles. The van der Waals surface area contributed by atoms with Crippen molar-refractivity contribution < 1.29 is 18.3 Å². The lowest BCUT2D eigenvalue weighted by Gasteiger charge is -2.37. The van der Waals surface area contributed by atoms with Gasteiger partial charge in [0.1, 0.15) is 0 Å². The Hall–Kier alpha value is -0.290. The lowest BCUT2D eigenvalue weighted by Crippen LogP contribution is -2.56. The fourth-order valence-corrected chi connectivity index (χ4v) is 0.940. The Labute approximate surface area is 76.3 Å². The third kappa shape index (κ3) is 2.57. The summed E-state index contributed by atoms with van der Waals surface area (Å²) in [6.07, 6.45) is -4.59. The van der Waals surface area contributed by atoms with Gasteiger partial charge in [0.2, 0.25) is 0 Å².